The van der Waals surface area contributed by atoms with Crippen LogP contribution in [0.25, 0.3) is 0 Å². The predicted octanol–water partition coefficient (Wildman–Crippen LogP) is 2.25. The molecule has 0 saturated carbocycles. The van der Waals surface area contributed by atoms with Gasteiger partial charge >= 0.3 is 0 Å². The van der Waals surface area contributed by atoms with Crippen LogP contribution < -0.4 is 9.72 Å². The van der Waals surface area contributed by atoms with Crippen molar-refractivity contribution in [2.45, 2.75) is 0 Å². The van der Waals surface area contributed by atoms with Gasteiger partial charge in [0.25, 0.3) is 0 Å². The molecule has 1 aliphatic rings. The van der Waals surface area contributed by atoms with Crippen molar-refractivity contribution in [1.29, 1.82) is 0 Å². The molecule has 1 heterocycles. The van der Waals surface area contributed by atoms with E-state index in [0.29, 0.717) is 0 Å². The Labute approximate surface area is 60.1 Å². The van der Waals surface area contributed by atoms with E-state index in [1.54, 1.807) is 0 Å². The van der Waals surface area contributed by atoms with Gasteiger partial charge in [-0.2, -0.15) is 4.86 Å². The monoisotopic (exact) mass is 183 g/mol. The summed E-state index contributed by atoms with van der Waals surface area (Å²) in [6.07, 6.45) is 0. The molecule has 0 bridgehead atoms. The van der Waals surface area contributed by atoms with Gasteiger partial charge in [0.2, 0.25) is 0 Å². The highest BCUT2D eigenvalue weighted by molar-refractivity contribution is 8.40. The normalized spacial score (nSPS) is 41.3. The quantitative estimate of drug-likeness (QED) is 0.563. The van der Waals surface area contributed by atoms with E-state index in [9.17, 15) is 0 Å². The number of hydrogen-bond acceptors (Lipinski definition) is 2. The lowest BCUT2D eigenvalue weighted by molar-refractivity contribution is 1.54. The Balaban J connectivity index is 2.58. The topological polar surface area (TPSA) is 24.1 Å². The van der Waals surface area contributed by atoms with Crippen molar-refractivity contribution in [2.24, 2.45) is 0 Å². The van der Waals surface area contributed by atoms with Crippen molar-refractivity contribution in [2.75, 3.05) is 26.7 Å². The van der Waals surface area contributed by atoms with Gasteiger partial charge in [0.15, 0.2) is 0 Å². The summed E-state index contributed by atoms with van der Waals surface area (Å²) in [5, 5.41) is 0. The summed E-state index contributed by atoms with van der Waals surface area (Å²) in [5.41, 5.74) is 0. The molecule has 2 N–H and O–H groups in total. The van der Waals surface area contributed by atoms with E-state index in [4.69, 9.17) is 0 Å². The standard InChI is InChI=1S/C4H14N2P3/c1-7-5-8(2)9(3,4)6-7/h5-6H,1-4H3/q+1. The van der Waals surface area contributed by atoms with Gasteiger partial charge in [0.1, 0.15) is 14.9 Å². The van der Waals surface area contributed by atoms with E-state index in [-0.39, 0.29) is 16.0 Å². The fourth-order valence-corrected chi connectivity index (χ4v) is 13.1. The zero-order valence-corrected chi connectivity index (χ0v) is 9.02. The summed E-state index contributed by atoms with van der Waals surface area (Å²) in [4.78, 5) is 7.21. The van der Waals surface area contributed by atoms with Gasteiger partial charge in [-0.3, -0.25) is 0 Å². The van der Waals surface area contributed by atoms with Crippen molar-refractivity contribution in [1.82, 2.24) is 9.72 Å². The Hall–Kier alpha value is 1.21. The lowest BCUT2D eigenvalue weighted by Crippen LogP contribution is -1.97. The third-order valence-electron chi connectivity index (χ3n) is 1.44. The Morgan fingerprint density at radius 2 is 1.78 bits per heavy atom. The van der Waals surface area contributed by atoms with Crippen LogP contribution in [-0.2, 0) is 0 Å². The summed E-state index contributed by atoms with van der Waals surface area (Å²) in [5.74, 6) is 0. The minimum atomic E-state index is -0.708. The molecule has 2 nitrogen and oxygen atoms in total. The first-order valence-electron chi connectivity index (χ1n) is 2.88. The molecule has 0 radical (unpaired) electrons. The van der Waals surface area contributed by atoms with Gasteiger partial charge in [-0.1, -0.05) is 0 Å². The molecule has 9 heavy (non-hydrogen) atoms. The lowest BCUT2D eigenvalue weighted by atomic mass is 11.9. The first-order chi connectivity index (χ1) is 4.02. The molecular weight excluding hydrogens is 169 g/mol. The van der Waals surface area contributed by atoms with Crippen LogP contribution in [0, 0.1) is 0 Å². The Kier molecular flexibility index (Phi) is 2.48. The molecule has 0 aliphatic carbocycles. The summed E-state index contributed by atoms with van der Waals surface area (Å²) in [7, 11) is -0.591. The van der Waals surface area contributed by atoms with E-state index in [0.717, 1.165) is 0 Å². The second kappa shape index (κ2) is 2.68. The molecular formula is C4H14N2P3+. The van der Waals surface area contributed by atoms with Crippen molar-refractivity contribution < 1.29 is 0 Å². The highest BCUT2D eigenvalue weighted by Gasteiger charge is 2.42. The van der Waals surface area contributed by atoms with Crippen LogP contribution >= 0.6 is 23.1 Å². The molecule has 1 aliphatic heterocycles. The van der Waals surface area contributed by atoms with Gasteiger partial charge in [-0.25, -0.2) is 4.86 Å². The minimum absolute atomic E-state index is 0.0141. The average molecular weight is 183 g/mol. The third kappa shape index (κ3) is 1.82. The van der Waals surface area contributed by atoms with E-state index in [1.165, 1.54) is 0 Å². The molecule has 2 unspecified atom stereocenters. The van der Waals surface area contributed by atoms with Crippen LogP contribution in [0.2, 0.25) is 0 Å². The summed E-state index contributed by atoms with van der Waals surface area (Å²) >= 11 is 0. The third-order valence-corrected chi connectivity index (χ3v) is 14.6. The number of nitrogens with one attached hydrogen (secondary N) is 2. The highest BCUT2D eigenvalue weighted by atomic mass is 32.1. The van der Waals surface area contributed by atoms with Crippen LogP contribution in [0.3, 0.4) is 0 Å². The van der Waals surface area contributed by atoms with Crippen molar-refractivity contribution >= 4 is 23.1 Å². The summed E-state index contributed by atoms with van der Waals surface area (Å²) < 4.78 is 0. The van der Waals surface area contributed by atoms with E-state index in [2.05, 4.69) is 36.4 Å². The second-order valence-corrected chi connectivity index (χ2v) is 14.0. The number of rotatable bonds is 0. The molecule has 0 aromatic carbocycles. The van der Waals surface area contributed by atoms with Gasteiger partial charge in [0.05, 0.1) is 21.6 Å². The van der Waals surface area contributed by atoms with Crippen molar-refractivity contribution in [3.8, 4) is 0 Å². The molecule has 1 rings (SSSR count). The van der Waals surface area contributed by atoms with Crippen LogP contribution in [0.4, 0.5) is 0 Å². The molecule has 0 aromatic heterocycles. The first-order valence-corrected chi connectivity index (χ1v) is 9.85. The maximum Gasteiger partial charge on any atom is 0.147 e. The summed E-state index contributed by atoms with van der Waals surface area (Å²) in [6, 6.07) is 0. The van der Waals surface area contributed by atoms with Gasteiger partial charge in [0, 0.05) is 6.66 Å². The van der Waals surface area contributed by atoms with Gasteiger partial charge in [-0.15, -0.1) is 0 Å². The van der Waals surface area contributed by atoms with E-state index in [1.807, 2.05) is 0 Å². The van der Waals surface area contributed by atoms with E-state index < -0.39 is 7.10 Å². The molecule has 54 valence electrons. The fraction of sp³-hybridized carbons (Fsp3) is 1.00. The molecule has 5 heteroatoms. The Morgan fingerprint density at radius 1 is 1.22 bits per heavy atom. The first kappa shape index (κ1) is 8.31. The van der Waals surface area contributed by atoms with Gasteiger partial charge in [-0.05, 0) is 6.66 Å². The zero-order valence-electron chi connectivity index (χ0n) is 6.34. The van der Waals surface area contributed by atoms with Crippen molar-refractivity contribution in [3.05, 3.63) is 0 Å². The Morgan fingerprint density at radius 3 is 1.89 bits per heavy atom. The van der Waals surface area contributed by atoms with Crippen LogP contribution in [0.5, 0.6) is 0 Å². The van der Waals surface area contributed by atoms with Gasteiger partial charge < -0.3 is 0 Å². The molecule has 0 spiro atoms. The molecule has 0 amide bonds. The van der Waals surface area contributed by atoms with Crippen LogP contribution in [0.15, 0.2) is 0 Å². The SMILES string of the molecule is CP1NP(C)[P+](C)(C)N1. The zero-order chi connectivity index (χ0) is 7.07. The molecule has 0 aromatic rings. The van der Waals surface area contributed by atoms with Crippen LogP contribution in [0.1, 0.15) is 0 Å². The highest BCUT2D eigenvalue weighted by Crippen LogP contribution is 2.81. The largest absolute Gasteiger partial charge is 0.226 e. The lowest BCUT2D eigenvalue weighted by Gasteiger charge is -2.12. The molecule has 2 atom stereocenters. The van der Waals surface area contributed by atoms with Crippen LogP contribution in [-0.4, -0.2) is 26.7 Å². The Bertz CT molecular complexity index is 116. The molecule has 1 fully saturated rings. The fourth-order valence-electron chi connectivity index (χ4n) is 0.785. The van der Waals surface area contributed by atoms with Crippen molar-refractivity contribution in [3.63, 3.8) is 0 Å². The average Bonchev–Trinajstić information content (AvgIpc) is 1.79. The second-order valence-electron chi connectivity index (χ2n) is 2.68. The van der Waals surface area contributed by atoms with E-state index >= 15 is 0 Å². The molecule has 1 saturated heterocycles. The summed E-state index contributed by atoms with van der Waals surface area (Å²) in [6.45, 7) is 9.33. The predicted molar refractivity (Wildman–Crippen MR) is 50.7 cm³/mol. The maximum atomic E-state index is 3.64. The minimum Gasteiger partial charge on any atom is -0.226 e. The number of hydrogen-bond donors (Lipinski definition) is 2. The maximum absolute atomic E-state index is 3.64. The smallest absolute Gasteiger partial charge is 0.147 e.